The summed E-state index contributed by atoms with van der Waals surface area (Å²) in [5.74, 6) is -0.766. The molecule has 1 amide bonds. The van der Waals surface area contributed by atoms with Crippen molar-refractivity contribution in [1.82, 2.24) is 5.32 Å². The Balaban J connectivity index is 2.79. The van der Waals surface area contributed by atoms with Gasteiger partial charge < -0.3 is 10.1 Å². The zero-order valence-corrected chi connectivity index (χ0v) is 11.5. The lowest BCUT2D eigenvalue weighted by atomic mass is 10.1. The maximum absolute atomic E-state index is 11.8. The summed E-state index contributed by atoms with van der Waals surface area (Å²) < 4.78 is 5.36. The number of hydrogen-bond donors (Lipinski definition) is 1. The number of carbonyl (C=O) groups excluding carboxylic acids is 2. The Bertz CT molecular complexity index is 425. The fraction of sp³-hybridized carbons (Fsp3) is 0.333. The van der Waals surface area contributed by atoms with E-state index in [9.17, 15) is 9.59 Å². The first-order chi connectivity index (χ1) is 7.93. The van der Waals surface area contributed by atoms with Gasteiger partial charge in [0.05, 0.1) is 7.11 Å². The summed E-state index contributed by atoms with van der Waals surface area (Å²) in [6, 6.07) is 4.70. The second-order valence-electron chi connectivity index (χ2n) is 3.74. The summed E-state index contributed by atoms with van der Waals surface area (Å²) in [5.41, 5.74) is 1.47. The van der Waals surface area contributed by atoms with Crippen LogP contribution in [0.4, 0.5) is 0 Å². The standard InChI is InChI=1S/C12H14BrNO3/c1-7-4-9(6-10(13)5-7)11(15)14-8(2)12(16)17-3/h4-6,8H,1-3H3,(H,14,15)/t8-/m1/s1. The number of rotatable bonds is 3. The Kier molecular flexibility index (Phi) is 4.69. The van der Waals surface area contributed by atoms with Crippen LogP contribution in [0.5, 0.6) is 0 Å². The van der Waals surface area contributed by atoms with Crippen LogP contribution in [0.3, 0.4) is 0 Å². The molecule has 0 unspecified atom stereocenters. The van der Waals surface area contributed by atoms with E-state index in [1.165, 1.54) is 7.11 Å². The van der Waals surface area contributed by atoms with Crippen LogP contribution in [0, 0.1) is 6.92 Å². The monoisotopic (exact) mass is 299 g/mol. The summed E-state index contributed by atoms with van der Waals surface area (Å²) >= 11 is 3.32. The zero-order valence-electron chi connectivity index (χ0n) is 9.91. The number of esters is 1. The number of carbonyl (C=O) groups is 2. The lowest BCUT2D eigenvalue weighted by Crippen LogP contribution is -2.39. The SMILES string of the molecule is COC(=O)[C@@H](C)NC(=O)c1cc(C)cc(Br)c1. The molecule has 1 atom stereocenters. The molecule has 92 valence electrons. The number of ether oxygens (including phenoxy) is 1. The predicted molar refractivity (Wildman–Crippen MR) is 67.8 cm³/mol. The van der Waals surface area contributed by atoms with Gasteiger partial charge in [-0.05, 0) is 37.6 Å². The van der Waals surface area contributed by atoms with Gasteiger partial charge >= 0.3 is 5.97 Å². The topological polar surface area (TPSA) is 55.4 Å². The molecule has 0 saturated heterocycles. The highest BCUT2D eigenvalue weighted by molar-refractivity contribution is 9.10. The minimum Gasteiger partial charge on any atom is -0.467 e. The third-order valence-corrected chi connectivity index (χ3v) is 2.66. The van der Waals surface area contributed by atoms with Gasteiger partial charge in [-0.25, -0.2) is 4.79 Å². The third-order valence-electron chi connectivity index (χ3n) is 2.21. The van der Waals surface area contributed by atoms with E-state index in [2.05, 4.69) is 26.0 Å². The molecule has 17 heavy (non-hydrogen) atoms. The molecule has 5 heteroatoms. The third kappa shape index (κ3) is 3.85. The second-order valence-corrected chi connectivity index (χ2v) is 4.65. The molecule has 0 saturated carbocycles. The van der Waals surface area contributed by atoms with Crippen molar-refractivity contribution >= 4 is 27.8 Å². The number of halogens is 1. The van der Waals surface area contributed by atoms with E-state index < -0.39 is 12.0 Å². The van der Waals surface area contributed by atoms with Crippen molar-refractivity contribution < 1.29 is 14.3 Å². The van der Waals surface area contributed by atoms with Crippen molar-refractivity contribution in [3.05, 3.63) is 33.8 Å². The van der Waals surface area contributed by atoms with Crippen molar-refractivity contribution in [2.45, 2.75) is 19.9 Å². The van der Waals surface area contributed by atoms with Crippen molar-refractivity contribution in [3.8, 4) is 0 Å². The van der Waals surface area contributed by atoms with Gasteiger partial charge in [-0.2, -0.15) is 0 Å². The quantitative estimate of drug-likeness (QED) is 0.869. The molecule has 1 aromatic carbocycles. The maximum Gasteiger partial charge on any atom is 0.328 e. The van der Waals surface area contributed by atoms with E-state index in [1.54, 1.807) is 19.1 Å². The molecule has 0 fully saturated rings. The van der Waals surface area contributed by atoms with Crippen LogP contribution in [-0.4, -0.2) is 25.0 Å². The Labute approximate surface area is 108 Å². The summed E-state index contributed by atoms with van der Waals surface area (Å²) in [6.45, 7) is 3.47. The van der Waals surface area contributed by atoms with Crippen LogP contribution in [0.25, 0.3) is 0 Å². The zero-order chi connectivity index (χ0) is 13.0. The first-order valence-electron chi connectivity index (χ1n) is 5.10. The summed E-state index contributed by atoms with van der Waals surface area (Å²) in [5, 5.41) is 2.57. The largest absolute Gasteiger partial charge is 0.467 e. The molecule has 0 aliphatic heterocycles. The van der Waals surface area contributed by atoms with Gasteiger partial charge in [0.2, 0.25) is 0 Å². The van der Waals surface area contributed by atoms with E-state index in [0.29, 0.717) is 5.56 Å². The lowest BCUT2D eigenvalue weighted by Gasteiger charge is -2.12. The smallest absolute Gasteiger partial charge is 0.328 e. The van der Waals surface area contributed by atoms with Crippen LogP contribution >= 0.6 is 15.9 Å². The van der Waals surface area contributed by atoms with Crippen LogP contribution in [0.2, 0.25) is 0 Å². The molecule has 0 aliphatic carbocycles. The van der Waals surface area contributed by atoms with E-state index in [1.807, 2.05) is 13.0 Å². The van der Waals surface area contributed by atoms with Gasteiger partial charge in [-0.3, -0.25) is 4.79 Å². The number of methoxy groups -OCH3 is 1. The van der Waals surface area contributed by atoms with Crippen molar-refractivity contribution in [1.29, 1.82) is 0 Å². The van der Waals surface area contributed by atoms with E-state index >= 15 is 0 Å². The molecule has 0 radical (unpaired) electrons. The van der Waals surface area contributed by atoms with Crippen molar-refractivity contribution in [2.24, 2.45) is 0 Å². The van der Waals surface area contributed by atoms with E-state index in [4.69, 9.17) is 0 Å². The molecule has 0 aliphatic rings. The van der Waals surface area contributed by atoms with Gasteiger partial charge in [0.1, 0.15) is 6.04 Å². The number of benzene rings is 1. The number of amides is 1. The van der Waals surface area contributed by atoms with Gasteiger partial charge in [0.15, 0.2) is 0 Å². The first-order valence-corrected chi connectivity index (χ1v) is 5.89. The Hall–Kier alpha value is -1.36. The van der Waals surface area contributed by atoms with Crippen LogP contribution in [0.15, 0.2) is 22.7 Å². The van der Waals surface area contributed by atoms with Crippen LogP contribution in [0.1, 0.15) is 22.8 Å². The normalized spacial score (nSPS) is 11.8. The Morgan fingerprint density at radius 3 is 2.53 bits per heavy atom. The second kappa shape index (κ2) is 5.82. The fourth-order valence-corrected chi connectivity index (χ4v) is 1.99. The van der Waals surface area contributed by atoms with Gasteiger partial charge in [-0.1, -0.05) is 15.9 Å². The molecule has 0 spiro atoms. The highest BCUT2D eigenvalue weighted by Crippen LogP contribution is 2.15. The summed E-state index contributed by atoms with van der Waals surface area (Å²) in [7, 11) is 1.29. The Morgan fingerprint density at radius 1 is 1.35 bits per heavy atom. The minimum atomic E-state index is -0.660. The van der Waals surface area contributed by atoms with Gasteiger partial charge in [-0.15, -0.1) is 0 Å². The molecule has 0 bridgehead atoms. The molecule has 1 N–H and O–H groups in total. The molecule has 0 aromatic heterocycles. The first kappa shape index (κ1) is 13.7. The number of nitrogens with one attached hydrogen (secondary N) is 1. The fourth-order valence-electron chi connectivity index (χ4n) is 1.38. The Morgan fingerprint density at radius 2 is 2.00 bits per heavy atom. The molecule has 0 heterocycles. The summed E-state index contributed by atoms with van der Waals surface area (Å²) in [6.07, 6.45) is 0. The highest BCUT2D eigenvalue weighted by Gasteiger charge is 2.17. The van der Waals surface area contributed by atoms with E-state index in [-0.39, 0.29) is 5.91 Å². The predicted octanol–water partition coefficient (Wildman–Crippen LogP) is 2.05. The molecular weight excluding hydrogens is 286 g/mol. The maximum atomic E-state index is 11.8. The molecule has 4 nitrogen and oxygen atoms in total. The average molecular weight is 300 g/mol. The number of hydrogen-bond acceptors (Lipinski definition) is 3. The van der Waals surface area contributed by atoms with E-state index in [0.717, 1.165) is 10.0 Å². The lowest BCUT2D eigenvalue weighted by molar-refractivity contribution is -0.142. The van der Waals surface area contributed by atoms with Crippen molar-refractivity contribution in [2.75, 3.05) is 7.11 Å². The summed E-state index contributed by atoms with van der Waals surface area (Å²) in [4.78, 5) is 23.0. The van der Waals surface area contributed by atoms with Gasteiger partial charge in [0.25, 0.3) is 5.91 Å². The molecule has 1 aromatic rings. The van der Waals surface area contributed by atoms with Crippen LogP contribution in [-0.2, 0) is 9.53 Å². The van der Waals surface area contributed by atoms with Crippen molar-refractivity contribution in [3.63, 3.8) is 0 Å². The molecular formula is C12H14BrNO3. The molecule has 1 rings (SSSR count). The van der Waals surface area contributed by atoms with Crippen LogP contribution < -0.4 is 5.32 Å². The highest BCUT2D eigenvalue weighted by atomic mass is 79.9. The van der Waals surface area contributed by atoms with Gasteiger partial charge in [0, 0.05) is 10.0 Å². The minimum absolute atomic E-state index is 0.299. The number of aryl methyl sites for hydroxylation is 1. The average Bonchev–Trinajstić information content (AvgIpc) is 2.26.